The largest absolute Gasteiger partial charge is 0.349 e. The molecule has 0 unspecified atom stereocenters. The zero-order chi connectivity index (χ0) is 11.6. The molecule has 1 saturated carbocycles. The quantitative estimate of drug-likeness (QED) is 0.726. The van der Waals surface area contributed by atoms with Gasteiger partial charge >= 0.3 is 0 Å². The maximum absolute atomic E-state index is 11.2. The molecule has 1 aliphatic carbocycles. The van der Waals surface area contributed by atoms with Crippen molar-refractivity contribution in [2.45, 2.75) is 58.2 Å². The van der Waals surface area contributed by atoms with Crippen molar-refractivity contribution in [3.63, 3.8) is 0 Å². The van der Waals surface area contributed by atoms with Gasteiger partial charge in [-0.05, 0) is 12.8 Å². The van der Waals surface area contributed by atoms with E-state index in [0.717, 1.165) is 38.9 Å². The van der Waals surface area contributed by atoms with E-state index in [9.17, 15) is 4.79 Å². The minimum Gasteiger partial charge on any atom is -0.349 e. The van der Waals surface area contributed by atoms with Crippen molar-refractivity contribution in [1.82, 2.24) is 0 Å². The SMILES string of the molecule is CCC1(CC)COC2(CCC(=O)CC2)OC1. The van der Waals surface area contributed by atoms with E-state index in [1.807, 2.05) is 0 Å². The predicted octanol–water partition coefficient (Wildman–Crippen LogP) is 2.68. The molecular formula is C13H22O3. The summed E-state index contributed by atoms with van der Waals surface area (Å²) in [6.45, 7) is 5.96. The molecular weight excluding hydrogens is 204 g/mol. The van der Waals surface area contributed by atoms with Crippen LogP contribution in [0.15, 0.2) is 0 Å². The van der Waals surface area contributed by atoms with Gasteiger partial charge in [0.15, 0.2) is 5.79 Å². The van der Waals surface area contributed by atoms with E-state index in [4.69, 9.17) is 9.47 Å². The van der Waals surface area contributed by atoms with Gasteiger partial charge in [0.25, 0.3) is 0 Å². The van der Waals surface area contributed by atoms with Gasteiger partial charge < -0.3 is 9.47 Å². The molecule has 0 bridgehead atoms. The van der Waals surface area contributed by atoms with Crippen LogP contribution in [0.3, 0.4) is 0 Å². The fourth-order valence-electron chi connectivity index (χ4n) is 2.51. The Hall–Kier alpha value is -0.410. The van der Waals surface area contributed by atoms with Crippen molar-refractivity contribution in [1.29, 1.82) is 0 Å². The molecule has 0 aromatic heterocycles. The number of ether oxygens (including phenoxy) is 2. The van der Waals surface area contributed by atoms with Gasteiger partial charge in [0.05, 0.1) is 13.2 Å². The molecule has 1 heterocycles. The van der Waals surface area contributed by atoms with Crippen LogP contribution in [0.1, 0.15) is 52.4 Å². The molecule has 0 N–H and O–H groups in total. The highest BCUT2D eigenvalue weighted by Crippen LogP contribution is 2.41. The standard InChI is InChI=1S/C13H22O3/c1-3-12(4-2)9-15-13(16-10-12)7-5-11(14)6-8-13/h3-10H2,1-2H3. The Bertz CT molecular complexity index is 246. The van der Waals surface area contributed by atoms with Gasteiger partial charge in [0.2, 0.25) is 0 Å². The van der Waals surface area contributed by atoms with Crippen LogP contribution in [0.5, 0.6) is 0 Å². The Balaban J connectivity index is 1.96. The lowest BCUT2D eigenvalue weighted by atomic mass is 9.82. The van der Waals surface area contributed by atoms with Crippen LogP contribution in [-0.4, -0.2) is 24.8 Å². The summed E-state index contributed by atoms with van der Waals surface area (Å²) in [5, 5.41) is 0. The summed E-state index contributed by atoms with van der Waals surface area (Å²) in [6, 6.07) is 0. The molecule has 1 spiro atoms. The molecule has 0 aromatic rings. The maximum atomic E-state index is 11.2. The van der Waals surface area contributed by atoms with Crippen molar-refractivity contribution in [3.05, 3.63) is 0 Å². The van der Waals surface area contributed by atoms with Crippen LogP contribution in [0.2, 0.25) is 0 Å². The van der Waals surface area contributed by atoms with Gasteiger partial charge in [-0.25, -0.2) is 0 Å². The molecule has 3 nitrogen and oxygen atoms in total. The Morgan fingerprint density at radius 2 is 1.56 bits per heavy atom. The van der Waals surface area contributed by atoms with E-state index >= 15 is 0 Å². The van der Waals surface area contributed by atoms with Gasteiger partial charge in [-0.2, -0.15) is 0 Å². The molecule has 2 rings (SSSR count). The Morgan fingerprint density at radius 3 is 2.00 bits per heavy atom. The summed E-state index contributed by atoms with van der Waals surface area (Å²) >= 11 is 0. The molecule has 3 heteroatoms. The van der Waals surface area contributed by atoms with Crippen molar-refractivity contribution in [2.24, 2.45) is 5.41 Å². The molecule has 16 heavy (non-hydrogen) atoms. The Morgan fingerprint density at radius 1 is 1.06 bits per heavy atom. The molecule has 1 aliphatic heterocycles. The monoisotopic (exact) mass is 226 g/mol. The molecule has 0 amide bonds. The third-order valence-electron chi connectivity index (χ3n) is 4.35. The van der Waals surface area contributed by atoms with Crippen LogP contribution in [-0.2, 0) is 14.3 Å². The summed E-state index contributed by atoms with van der Waals surface area (Å²) in [4.78, 5) is 11.2. The van der Waals surface area contributed by atoms with Gasteiger partial charge in [0, 0.05) is 31.1 Å². The highest BCUT2D eigenvalue weighted by atomic mass is 16.7. The van der Waals surface area contributed by atoms with Gasteiger partial charge in [-0.15, -0.1) is 0 Å². The van der Waals surface area contributed by atoms with E-state index in [0.29, 0.717) is 18.6 Å². The second kappa shape index (κ2) is 4.46. The molecule has 2 aliphatic rings. The van der Waals surface area contributed by atoms with Crippen molar-refractivity contribution in [2.75, 3.05) is 13.2 Å². The fraction of sp³-hybridized carbons (Fsp3) is 0.923. The molecule has 2 fully saturated rings. The smallest absolute Gasteiger partial charge is 0.169 e. The molecule has 0 radical (unpaired) electrons. The summed E-state index contributed by atoms with van der Waals surface area (Å²) in [5.41, 5.74) is 0.201. The summed E-state index contributed by atoms with van der Waals surface area (Å²) in [7, 11) is 0. The first kappa shape index (κ1) is 12.1. The lowest BCUT2D eigenvalue weighted by Gasteiger charge is -2.47. The van der Waals surface area contributed by atoms with Crippen LogP contribution in [0, 0.1) is 5.41 Å². The van der Waals surface area contributed by atoms with E-state index in [-0.39, 0.29) is 5.41 Å². The van der Waals surface area contributed by atoms with Crippen molar-refractivity contribution >= 4 is 5.78 Å². The minimum atomic E-state index is -0.429. The fourth-order valence-corrected chi connectivity index (χ4v) is 2.51. The number of ketones is 1. The number of carbonyl (C=O) groups excluding carboxylic acids is 1. The van der Waals surface area contributed by atoms with E-state index < -0.39 is 5.79 Å². The van der Waals surface area contributed by atoms with Gasteiger partial charge in [-0.3, -0.25) is 4.79 Å². The number of rotatable bonds is 2. The zero-order valence-electron chi connectivity index (χ0n) is 10.4. The maximum Gasteiger partial charge on any atom is 0.169 e. The van der Waals surface area contributed by atoms with Crippen LogP contribution in [0.25, 0.3) is 0 Å². The van der Waals surface area contributed by atoms with Gasteiger partial charge in [0.1, 0.15) is 5.78 Å². The van der Waals surface area contributed by atoms with Crippen molar-refractivity contribution < 1.29 is 14.3 Å². The molecule has 0 atom stereocenters. The summed E-state index contributed by atoms with van der Waals surface area (Å²) in [5.74, 6) is -0.0810. The van der Waals surface area contributed by atoms with E-state index in [1.165, 1.54) is 0 Å². The summed E-state index contributed by atoms with van der Waals surface area (Å²) < 4.78 is 12.0. The topological polar surface area (TPSA) is 35.5 Å². The predicted molar refractivity (Wildman–Crippen MR) is 61.1 cm³/mol. The average Bonchev–Trinajstić information content (AvgIpc) is 2.35. The second-order valence-electron chi connectivity index (χ2n) is 5.23. The van der Waals surface area contributed by atoms with Gasteiger partial charge in [-0.1, -0.05) is 13.8 Å². The number of Topliss-reactive ketones (excluding diaryl/α,β-unsaturated/α-hetero) is 1. The third-order valence-corrected chi connectivity index (χ3v) is 4.35. The number of hydrogen-bond acceptors (Lipinski definition) is 3. The Labute approximate surface area is 97.5 Å². The number of hydrogen-bond donors (Lipinski definition) is 0. The average molecular weight is 226 g/mol. The van der Waals surface area contributed by atoms with E-state index in [1.54, 1.807) is 0 Å². The summed E-state index contributed by atoms with van der Waals surface area (Å²) in [6.07, 6.45) is 4.91. The molecule has 1 saturated heterocycles. The first-order chi connectivity index (χ1) is 7.64. The normalized spacial score (nSPS) is 28.2. The van der Waals surface area contributed by atoms with Crippen LogP contribution in [0.4, 0.5) is 0 Å². The van der Waals surface area contributed by atoms with Crippen molar-refractivity contribution in [3.8, 4) is 0 Å². The Kier molecular flexibility index (Phi) is 3.36. The van der Waals surface area contributed by atoms with Crippen LogP contribution >= 0.6 is 0 Å². The lowest BCUT2D eigenvalue weighted by Crippen LogP contribution is -2.51. The molecule has 0 aromatic carbocycles. The zero-order valence-corrected chi connectivity index (χ0v) is 10.4. The van der Waals surface area contributed by atoms with Crippen LogP contribution < -0.4 is 0 Å². The van der Waals surface area contributed by atoms with E-state index in [2.05, 4.69) is 13.8 Å². The minimum absolute atomic E-state index is 0.201. The highest BCUT2D eigenvalue weighted by molar-refractivity contribution is 5.79. The first-order valence-corrected chi connectivity index (χ1v) is 6.43. The molecule has 92 valence electrons. The third kappa shape index (κ3) is 2.16. The first-order valence-electron chi connectivity index (χ1n) is 6.43. The second-order valence-corrected chi connectivity index (χ2v) is 5.23. The number of carbonyl (C=O) groups is 1. The highest BCUT2D eigenvalue weighted by Gasteiger charge is 2.44. The lowest BCUT2D eigenvalue weighted by molar-refractivity contribution is -0.313.